The van der Waals surface area contributed by atoms with E-state index in [-0.39, 0.29) is 55.2 Å². The number of rotatable bonds is 28. The van der Waals surface area contributed by atoms with Gasteiger partial charge in [0, 0.05) is 5.56 Å². The second kappa shape index (κ2) is 27.8. The topological polar surface area (TPSA) is 218 Å². The number of carbonyl (C=O) groups is 7. The van der Waals surface area contributed by atoms with E-state index in [1.54, 1.807) is 78.9 Å². The second-order valence-corrected chi connectivity index (χ2v) is 15.7. The molecule has 0 aliphatic carbocycles. The summed E-state index contributed by atoms with van der Waals surface area (Å²) in [5, 5.41) is 9.06. The average Bonchev–Trinajstić information content (AvgIpc) is 3.88. The molecule has 0 aliphatic heterocycles. The summed E-state index contributed by atoms with van der Waals surface area (Å²) in [6.45, 7) is 2.80. The van der Waals surface area contributed by atoms with Crippen LogP contribution in [-0.4, -0.2) is 79.6 Å². The first-order chi connectivity index (χ1) is 33.5. The first-order valence-corrected chi connectivity index (χ1v) is 22.6. The number of amides is 4. The van der Waals surface area contributed by atoms with Gasteiger partial charge in [-0.3, -0.25) is 28.8 Å². The molecule has 1 heterocycles. The van der Waals surface area contributed by atoms with E-state index in [9.17, 15) is 33.6 Å². The van der Waals surface area contributed by atoms with Crippen molar-refractivity contribution in [3.8, 4) is 17.1 Å². The number of hydrogen-bond donors (Lipinski definition) is 3. The van der Waals surface area contributed by atoms with Crippen molar-refractivity contribution >= 4 is 42.0 Å². The van der Waals surface area contributed by atoms with Crippen LogP contribution in [0.3, 0.4) is 0 Å². The first kappa shape index (κ1) is 52.2. The molecule has 0 saturated carbocycles. The predicted octanol–water partition coefficient (Wildman–Crippen LogP) is 6.84. The van der Waals surface area contributed by atoms with Gasteiger partial charge in [-0.25, -0.2) is 14.7 Å². The highest BCUT2D eigenvalue weighted by Gasteiger charge is 2.32. The third-order valence-electron chi connectivity index (χ3n) is 10.8. The fraction of sp³-hybridized carbons (Fsp3) is 0.327. The zero-order chi connectivity index (χ0) is 49.4. The van der Waals surface area contributed by atoms with Crippen LogP contribution in [0.4, 0.5) is 0 Å². The normalized spacial score (nSPS) is 12.0. The molecule has 17 heteroatoms. The highest BCUT2D eigenvalue weighted by molar-refractivity contribution is 6.00. The summed E-state index contributed by atoms with van der Waals surface area (Å²) in [4.78, 5) is 97.1. The molecule has 5 rings (SSSR count). The molecule has 17 nitrogen and oxygen atoms in total. The highest BCUT2D eigenvalue weighted by atomic mass is 16.7. The number of nitrogens with zero attached hydrogens (tertiary/aromatic N) is 1. The van der Waals surface area contributed by atoms with E-state index in [0.29, 0.717) is 30.4 Å². The van der Waals surface area contributed by atoms with Crippen LogP contribution in [0.2, 0.25) is 0 Å². The van der Waals surface area contributed by atoms with E-state index in [4.69, 9.17) is 28.2 Å². The summed E-state index contributed by atoms with van der Waals surface area (Å²) in [6, 6.07) is 32.0. The van der Waals surface area contributed by atoms with Gasteiger partial charge in [-0.15, -0.1) is 0 Å². The van der Waals surface area contributed by atoms with Gasteiger partial charge in [-0.2, -0.15) is 0 Å². The molecule has 1 aromatic heterocycles. The van der Waals surface area contributed by atoms with Gasteiger partial charge in [0.1, 0.15) is 37.4 Å². The molecule has 0 aliphatic rings. The Morgan fingerprint density at radius 3 is 1.88 bits per heavy atom. The Morgan fingerprint density at radius 1 is 0.696 bits per heavy atom. The van der Waals surface area contributed by atoms with Gasteiger partial charge in [0.15, 0.2) is 12.4 Å². The van der Waals surface area contributed by atoms with Gasteiger partial charge in [0.05, 0.1) is 37.7 Å². The van der Waals surface area contributed by atoms with Crippen LogP contribution in [0.1, 0.15) is 90.0 Å². The molecule has 3 unspecified atom stereocenters. The monoisotopic (exact) mass is 946 g/mol. The van der Waals surface area contributed by atoms with Crippen molar-refractivity contribution in [3.05, 3.63) is 149 Å². The molecule has 0 fully saturated rings. The number of ether oxygens (including phenoxy) is 4. The number of hydroxylamine groups is 2. The molecule has 4 aromatic carbocycles. The standard InChI is InChI=1S/C52H58N4O13/c1-4-6-10-23-40(43(5-2)56(35-57)64-3)49(60)53-34-54-51(62)45-27-26-44(69-45)39-24-25-41(46(28-39)65-33-48(59)67-31-37-19-13-8-14-20-37)50(61)55-42(52(63)68-32-38-21-15-9-16-22-38)29-47(58)66-30-36-17-11-7-12-18-36/h7-9,11-22,24-28,35,40,42-43H,4-6,10,23,29-34H2,1-3H3,(H,53,60)(H,54,62)(H,55,61). The fourth-order valence-corrected chi connectivity index (χ4v) is 7.18. The van der Waals surface area contributed by atoms with Crippen molar-refractivity contribution in [2.24, 2.45) is 5.92 Å². The van der Waals surface area contributed by atoms with Gasteiger partial charge in [-0.1, -0.05) is 130 Å². The molecule has 0 radical (unpaired) electrons. The Kier molecular flexibility index (Phi) is 21.0. The summed E-state index contributed by atoms with van der Waals surface area (Å²) in [6.07, 6.45) is 3.54. The number of unbranched alkanes of at least 4 members (excludes halogenated alkanes) is 2. The van der Waals surface area contributed by atoms with Crippen LogP contribution in [0, 0.1) is 5.92 Å². The van der Waals surface area contributed by atoms with E-state index >= 15 is 0 Å². The van der Waals surface area contributed by atoms with Gasteiger partial charge in [0.2, 0.25) is 12.3 Å². The maximum absolute atomic E-state index is 14.1. The van der Waals surface area contributed by atoms with E-state index < -0.39 is 60.8 Å². The number of carbonyl (C=O) groups excluding carboxylic acids is 7. The highest BCUT2D eigenvalue weighted by Crippen LogP contribution is 2.30. The van der Waals surface area contributed by atoms with Crippen molar-refractivity contribution in [3.63, 3.8) is 0 Å². The van der Waals surface area contributed by atoms with E-state index in [1.165, 1.54) is 37.4 Å². The van der Waals surface area contributed by atoms with Gasteiger partial charge in [-0.05, 0) is 53.8 Å². The maximum Gasteiger partial charge on any atom is 0.344 e. The Balaban J connectivity index is 1.32. The van der Waals surface area contributed by atoms with E-state index in [0.717, 1.165) is 35.5 Å². The zero-order valence-electron chi connectivity index (χ0n) is 38.9. The summed E-state index contributed by atoms with van der Waals surface area (Å²) >= 11 is 0. The van der Waals surface area contributed by atoms with Crippen LogP contribution in [0.15, 0.2) is 126 Å². The van der Waals surface area contributed by atoms with Gasteiger partial charge < -0.3 is 39.3 Å². The largest absolute Gasteiger partial charge is 0.481 e. The van der Waals surface area contributed by atoms with Crippen LogP contribution < -0.4 is 20.7 Å². The van der Waals surface area contributed by atoms with Crippen LogP contribution in [0.5, 0.6) is 5.75 Å². The van der Waals surface area contributed by atoms with Crippen LogP contribution in [0.25, 0.3) is 11.3 Å². The number of esters is 3. The molecule has 0 bridgehead atoms. The Morgan fingerprint density at radius 2 is 1.30 bits per heavy atom. The molecule has 0 spiro atoms. The predicted molar refractivity (Wildman–Crippen MR) is 251 cm³/mol. The van der Waals surface area contributed by atoms with Crippen molar-refractivity contribution in [1.82, 2.24) is 21.0 Å². The smallest absolute Gasteiger partial charge is 0.344 e. The molecule has 3 N–H and O–H groups in total. The SMILES string of the molecule is CCCCCC(C(=O)NCNC(=O)c1ccc(-c2ccc(C(=O)NC(CC(=O)OCc3ccccc3)C(=O)OCc3ccccc3)c(OCC(=O)OCc3ccccc3)c2)o1)C(CC)N(C=O)OC. The molecule has 4 amide bonds. The summed E-state index contributed by atoms with van der Waals surface area (Å²) in [5.74, 6) is -4.95. The molecule has 3 atom stereocenters. The molecule has 69 heavy (non-hydrogen) atoms. The lowest BCUT2D eigenvalue weighted by Gasteiger charge is -2.31. The number of benzene rings is 4. The first-order valence-electron chi connectivity index (χ1n) is 22.6. The third kappa shape index (κ3) is 16.5. The molecule has 364 valence electrons. The fourth-order valence-electron chi connectivity index (χ4n) is 7.18. The lowest BCUT2D eigenvalue weighted by molar-refractivity contribution is -0.182. The quantitative estimate of drug-likeness (QED) is 0.0117. The number of hydrogen-bond acceptors (Lipinski definition) is 13. The van der Waals surface area contributed by atoms with Crippen molar-refractivity contribution in [2.45, 2.75) is 84.3 Å². The summed E-state index contributed by atoms with van der Waals surface area (Å²) in [7, 11) is 1.36. The Bertz CT molecular complexity index is 2450. The van der Waals surface area contributed by atoms with E-state index in [2.05, 4.69) is 16.0 Å². The third-order valence-corrected chi connectivity index (χ3v) is 10.8. The lowest BCUT2D eigenvalue weighted by atomic mass is 9.90. The number of furan rings is 1. The van der Waals surface area contributed by atoms with Crippen molar-refractivity contribution in [2.75, 3.05) is 20.4 Å². The minimum atomic E-state index is -1.50. The Labute approximate surface area is 400 Å². The second-order valence-electron chi connectivity index (χ2n) is 15.7. The molecular formula is C52H58N4O13. The Hall–Kier alpha value is -7.79. The van der Waals surface area contributed by atoms with Gasteiger partial charge in [0.25, 0.3) is 11.8 Å². The minimum Gasteiger partial charge on any atom is -0.481 e. The number of nitrogens with one attached hydrogen (secondary N) is 3. The molecular weight excluding hydrogens is 889 g/mol. The molecule has 5 aromatic rings. The minimum absolute atomic E-state index is 0.0319. The van der Waals surface area contributed by atoms with E-state index in [1.807, 2.05) is 26.0 Å². The lowest BCUT2D eigenvalue weighted by Crippen LogP contribution is -2.48. The average molecular weight is 947 g/mol. The molecule has 0 saturated heterocycles. The van der Waals surface area contributed by atoms with Crippen LogP contribution in [-0.2, 0) is 62.8 Å². The summed E-state index contributed by atoms with van der Waals surface area (Å²) in [5.41, 5.74) is 2.33. The van der Waals surface area contributed by atoms with Crippen molar-refractivity contribution < 1.29 is 61.8 Å². The van der Waals surface area contributed by atoms with Crippen LogP contribution >= 0.6 is 0 Å². The zero-order valence-corrected chi connectivity index (χ0v) is 38.9. The summed E-state index contributed by atoms with van der Waals surface area (Å²) < 4.78 is 28.1. The van der Waals surface area contributed by atoms with Crippen molar-refractivity contribution in [1.29, 1.82) is 0 Å². The van der Waals surface area contributed by atoms with Gasteiger partial charge >= 0.3 is 17.9 Å². The maximum atomic E-state index is 14.1.